The molecule has 0 aliphatic rings. The zero-order valence-electron chi connectivity index (χ0n) is 9.74. The Balaban J connectivity index is 2.72. The molecule has 0 amide bonds. The van der Waals surface area contributed by atoms with Crippen molar-refractivity contribution in [1.82, 2.24) is 0 Å². The van der Waals surface area contributed by atoms with E-state index in [-0.39, 0.29) is 5.75 Å². The summed E-state index contributed by atoms with van der Waals surface area (Å²) >= 11 is 0. The van der Waals surface area contributed by atoms with E-state index >= 15 is 0 Å². The Hall–Kier alpha value is -1.62. The van der Waals surface area contributed by atoms with E-state index in [4.69, 9.17) is 4.52 Å². The molecule has 1 aromatic rings. The molecule has 18 heavy (non-hydrogen) atoms. The molecule has 0 spiro atoms. The largest absolute Gasteiger partial charge is 0.564 e. The molecule has 0 heterocycles. The van der Waals surface area contributed by atoms with Gasteiger partial charge in [0.1, 0.15) is 5.75 Å². The lowest BCUT2D eigenvalue weighted by Gasteiger charge is -2.13. The van der Waals surface area contributed by atoms with Gasteiger partial charge in [-0.15, -0.1) is 0 Å². The van der Waals surface area contributed by atoms with Gasteiger partial charge in [-0.25, -0.2) is 9.36 Å². The van der Waals surface area contributed by atoms with Crippen molar-refractivity contribution in [3.8, 4) is 5.75 Å². The molecule has 1 N–H and O–H groups in total. The average molecular weight is 272 g/mol. The summed E-state index contributed by atoms with van der Waals surface area (Å²) in [5.74, 6) is -0.794. The minimum Gasteiger partial charge on any atom is -0.402 e. The maximum absolute atomic E-state index is 11.5. The fourth-order valence-electron chi connectivity index (χ4n) is 1.14. The van der Waals surface area contributed by atoms with Crippen LogP contribution in [0, 0.1) is 0 Å². The summed E-state index contributed by atoms with van der Waals surface area (Å²) in [6, 6.07) is 6.67. The van der Waals surface area contributed by atoms with E-state index in [1.807, 2.05) is 6.92 Å². The Morgan fingerprint density at radius 3 is 2.78 bits per heavy atom. The standard InChI is InChI=1S/C11H13O6P/c1-3-9-7-5-6-8-10(9)16-18(13,14)17-15-11(12)4-2/h4-8H,2-3H2,1H3,(H,13,14). The van der Waals surface area contributed by atoms with Crippen LogP contribution in [0.2, 0.25) is 0 Å². The number of rotatable bonds is 6. The smallest absolute Gasteiger partial charge is 0.402 e. The van der Waals surface area contributed by atoms with Crippen LogP contribution >= 0.6 is 7.82 Å². The molecular formula is C11H13O6P. The van der Waals surface area contributed by atoms with Gasteiger partial charge in [-0.3, -0.25) is 9.78 Å². The Labute approximate surface area is 104 Å². The molecule has 0 fully saturated rings. The summed E-state index contributed by atoms with van der Waals surface area (Å²) in [5, 5.41) is 0. The van der Waals surface area contributed by atoms with Gasteiger partial charge < -0.3 is 4.52 Å². The average Bonchev–Trinajstić information content (AvgIpc) is 2.36. The van der Waals surface area contributed by atoms with E-state index in [9.17, 15) is 14.3 Å². The van der Waals surface area contributed by atoms with E-state index in [0.717, 1.165) is 11.6 Å². The highest BCUT2D eigenvalue weighted by Gasteiger charge is 2.27. The molecule has 0 saturated heterocycles. The predicted molar refractivity (Wildman–Crippen MR) is 63.6 cm³/mol. The van der Waals surface area contributed by atoms with Gasteiger partial charge in [0.25, 0.3) is 0 Å². The molecule has 1 rings (SSSR count). The van der Waals surface area contributed by atoms with Crippen LogP contribution in [0.1, 0.15) is 12.5 Å². The van der Waals surface area contributed by atoms with Gasteiger partial charge in [-0.05, 0) is 18.1 Å². The lowest BCUT2D eigenvalue weighted by atomic mass is 10.1. The number of para-hydroxylation sites is 1. The zero-order chi connectivity index (χ0) is 13.6. The molecule has 98 valence electrons. The van der Waals surface area contributed by atoms with Crippen LogP contribution in [0.4, 0.5) is 0 Å². The molecule has 1 atom stereocenters. The first-order chi connectivity index (χ1) is 8.48. The van der Waals surface area contributed by atoms with Crippen molar-refractivity contribution in [3.63, 3.8) is 0 Å². The SMILES string of the molecule is C=CC(=O)OOP(=O)(O)Oc1ccccc1CC. The maximum atomic E-state index is 11.5. The van der Waals surface area contributed by atoms with E-state index < -0.39 is 13.8 Å². The van der Waals surface area contributed by atoms with E-state index in [0.29, 0.717) is 6.42 Å². The number of phosphoric ester groups is 1. The third-order valence-corrected chi connectivity index (χ3v) is 2.64. The monoisotopic (exact) mass is 272 g/mol. The van der Waals surface area contributed by atoms with E-state index in [1.54, 1.807) is 18.2 Å². The van der Waals surface area contributed by atoms with Gasteiger partial charge >= 0.3 is 13.8 Å². The quantitative estimate of drug-likeness (QED) is 0.370. The highest BCUT2D eigenvalue weighted by atomic mass is 31.2. The van der Waals surface area contributed by atoms with Crippen LogP contribution in [0.5, 0.6) is 5.75 Å². The summed E-state index contributed by atoms with van der Waals surface area (Å²) in [7, 11) is -4.51. The third-order valence-electron chi connectivity index (χ3n) is 1.95. The molecule has 6 nitrogen and oxygen atoms in total. The van der Waals surface area contributed by atoms with E-state index in [1.165, 1.54) is 6.07 Å². The lowest BCUT2D eigenvalue weighted by molar-refractivity contribution is -0.215. The first-order valence-corrected chi connectivity index (χ1v) is 6.61. The Kier molecular flexibility index (Phi) is 5.09. The molecule has 0 radical (unpaired) electrons. The maximum Gasteiger partial charge on any atom is 0.564 e. The van der Waals surface area contributed by atoms with Crippen molar-refractivity contribution in [2.24, 2.45) is 0 Å². The fraction of sp³-hybridized carbons (Fsp3) is 0.182. The van der Waals surface area contributed by atoms with Crippen molar-refractivity contribution < 1.29 is 28.3 Å². The number of hydrogen-bond donors (Lipinski definition) is 1. The summed E-state index contributed by atoms with van der Waals surface area (Å²) < 4.78 is 20.3. The molecule has 0 bridgehead atoms. The van der Waals surface area contributed by atoms with Crippen molar-refractivity contribution in [2.75, 3.05) is 0 Å². The Morgan fingerprint density at radius 2 is 2.17 bits per heavy atom. The molecular weight excluding hydrogens is 259 g/mol. The second-order valence-electron chi connectivity index (χ2n) is 3.20. The van der Waals surface area contributed by atoms with Gasteiger partial charge in [0.15, 0.2) is 0 Å². The number of benzene rings is 1. The lowest BCUT2D eigenvalue weighted by Crippen LogP contribution is -2.04. The zero-order valence-corrected chi connectivity index (χ0v) is 10.6. The van der Waals surface area contributed by atoms with Gasteiger partial charge in [0.2, 0.25) is 0 Å². The summed E-state index contributed by atoms with van der Waals surface area (Å²) in [6.45, 7) is 4.97. The van der Waals surface area contributed by atoms with Crippen molar-refractivity contribution in [1.29, 1.82) is 0 Å². The van der Waals surface area contributed by atoms with Gasteiger partial charge in [-0.2, -0.15) is 0 Å². The molecule has 1 aromatic carbocycles. The highest BCUT2D eigenvalue weighted by Crippen LogP contribution is 2.45. The number of carbonyl (C=O) groups is 1. The Morgan fingerprint density at radius 1 is 1.50 bits per heavy atom. The van der Waals surface area contributed by atoms with Crippen molar-refractivity contribution in [3.05, 3.63) is 42.5 Å². The van der Waals surface area contributed by atoms with Crippen LogP contribution in [-0.2, 0) is 25.3 Å². The van der Waals surface area contributed by atoms with Crippen molar-refractivity contribution in [2.45, 2.75) is 13.3 Å². The van der Waals surface area contributed by atoms with Crippen LogP contribution in [0.25, 0.3) is 0 Å². The minimum absolute atomic E-state index is 0.195. The first kappa shape index (κ1) is 14.4. The molecule has 0 aliphatic heterocycles. The van der Waals surface area contributed by atoms with Crippen molar-refractivity contribution >= 4 is 13.8 Å². The van der Waals surface area contributed by atoms with Gasteiger partial charge in [0, 0.05) is 6.08 Å². The van der Waals surface area contributed by atoms with Crippen LogP contribution < -0.4 is 4.52 Å². The predicted octanol–water partition coefficient (Wildman–Crippen LogP) is 2.39. The highest BCUT2D eigenvalue weighted by molar-refractivity contribution is 7.47. The van der Waals surface area contributed by atoms with Gasteiger partial charge in [0.05, 0.1) is 0 Å². The molecule has 0 saturated carbocycles. The molecule has 7 heteroatoms. The fourth-order valence-corrected chi connectivity index (χ4v) is 1.77. The third kappa shape index (κ3) is 4.33. The van der Waals surface area contributed by atoms with Crippen LogP contribution in [-0.4, -0.2) is 10.9 Å². The van der Waals surface area contributed by atoms with Crippen LogP contribution in [0.3, 0.4) is 0 Å². The normalized spacial score (nSPS) is 13.4. The van der Waals surface area contributed by atoms with E-state index in [2.05, 4.69) is 16.1 Å². The molecule has 0 aliphatic carbocycles. The minimum atomic E-state index is -4.51. The topological polar surface area (TPSA) is 82.1 Å². The number of phosphoric acid groups is 1. The number of hydrogen-bond acceptors (Lipinski definition) is 5. The number of aryl methyl sites for hydroxylation is 1. The number of carbonyl (C=O) groups excluding carboxylic acids is 1. The molecule has 1 unspecified atom stereocenters. The summed E-state index contributed by atoms with van der Waals surface area (Å²) in [5.41, 5.74) is 0.727. The summed E-state index contributed by atoms with van der Waals surface area (Å²) in [4.78, 5) is 24.0. The second-order valence-corrected chi connectivity index (χ2v) is 4.47. The summed E-state index contributed by atoms with van der Waals surface area (Å²) in [6.07, 6.45) is 1.41. The first-order valence-electron chi connectivity index (χ1n) is 5.11. The Bertz CT molecular complexity index is 484. The van der Waals surface area contributed by atoms with Gasteiger partial charge in [-0.1, -0.05) is 36.4 Å². The van der Waals surface area contributed by atoms with Crippen LogP contribution in [0.15, 0.2) is 36.9 Å². The second kappa shape index (κ2) is 6.35. The molecule has 0 aromatic heterocycles.